The van der Waals surface area contributed by atoms with Gasteiger partial charge in [-0.1, -0.05) is 55.6 Å². The Morgan fingerprint density at radius 1 is 1.15 bits per heavy atom. The average molecular weight is 487 g/mol. The van der Waals surface area contributed by atoms with Gasteiger partial charge in [0.1, 0.15) is 0 Å². The molecule has 2 aromatic rings. The Hall–Kier alpha value is -2.82. The second-order valence-corrected chi connectivity index (χ2v) is 9.08. The van der Waals surface area contributed by atoms with Crippen LogP contribution in [0.25, 0.3) is 0 Å². The van der Waals surface area contributed by atoms with Crippen molar-refractivity contribution in [3.05, 3.63) is 48.5 Å². The van der Waals surface area contributed by atoms with Crippen LogP contribution in [-0.4, -0.2) is 60.5 Å². The summed E-state index contributed by atoms with van der Waals surface area (Å²) in [7, 11) is 1.23. The van der Waals surface area contributed by atoms with Crippen molar-refractivity contribution in [2.24, 2.45) is 4.99 Å². The van der Waals surface area contributed by atoms with E-state index in [1.165, 1.54) is 12.0 Å². The molecule has 0 spiro atoms. The monoisotopic (exact) mass is 486 g/mol. The molecular weight excluding hydrogens is 460 g/mol. The molecule has 3 amide bonds. The predicted molar refractivity (Wildman–Crippen MR) is 133 cm³/mol. The molecule has 0 aliphatic carbocycles. The number of amidine groups is 1. The molecule has 0 saturated carbocycles. The minimum Gasteiger partial charge on any atom is -0.451 e. The van der Waals surface area contributed by atoms with Crippen LogP contribution < -0.4 is 10.2 Å². The Balaban J connectivity index is 1.97. The molecule has 1 saturated heterocycles. The molecule has 0 bridgehead atoms. The van der Waals surface area contributed by atoms with Gasteiger partial charge >= 0.3 is 6.09 Å². The Morgan fingerprint density at radius 3 is 2.55 bits per heavy atom. The van der Waals surface area contributed by atoms with E-state index < -0.39 is 6.09 Å². The molecule has 1 fully saturated rings. The third-order valence-electron chi connectivity index (χ3n) is 4.85. The number of nitrogens with one attached hydrogen (secondary N) is 1. The molecule has 1 heterocycles. The predicted octanol–water partition coefficient (Wildman–Crippen LogP) is 4.32. The van der Waals surface area contributed by atoms with Crippen LogP contribution in [-0.2, 0) is 14.3 Å². The standard InChI is InChI=1S/C23H26N4O4S2/c1-4-26(5-2)14-20(28)24-18-13-17(33-16-9-7-6-8-10-16)11-12-19(18)27-21(29)15-32-22(27)25-23(30)31-3/h6-13H,4-5,14-15H2,1-3H3,(H,24,28)/b25-22-. The number of aliphatic imine (C=N–C) groups is 1. The first kappa shape index (κ1) is 24.8. The lowest BCUT2D eigenvalue weighted by atomic mass is 10.2. The van der Waals surface area contributed by atoms with Crippen molar-refractivity contribution in [1.29, 1.82) is 0 Å². The van der Waals surface area contributed by atoms with Gasteiger partial charge in [0.25, 0.3) is 0 Å². The Morgan fingerprint density at radius 2 is 1.88 bits per heavy atom. The molecule has 2 aromatic carbocycles. The fourth-order valence-corrected chi connectivity index (χ4v) is 4.87. The van der Waals surface area contributed by atoms with Gasteiger partial charge in [0.15, 0.2) is 5.17 Å². The number of amides is 3. The number of rotatable bonds is 8. The van der Waals surface area contributed by atoms with E-state index in [-0.39, 0.29) is 29.3 Å². The lowest BCUT2D eigenvalue weighted by Gasteiger charge is -2.22. The molecule has 1 aliphatic rings. The lowest BCUT2D eigenvalue weighted by Crippen LogP contribution is -2.34. The minimum absolute atomic E-state index is 0.142. The van der Waals surface area contributed by atoms with Gasteiger partial charge < -0.3 is 10.1 Å². The second-order valence-electron chi connectivity index (χ2n) is 6.99. The van der Waals surface area contributed by atoms with Crippen molar-refractivity contribution >= 4 is 58.0 Å². The highest BCUT2D eigenvalue weighted by Crippen LogP contribution is 2.37. The summed E-state index contributed by atoms with van der Waals surface area (Å²) in [6.45, 7) is 5.72. The van der Waals surface area contributed by atoms with Gasteiger partial charge in [0.05, 0.1) is 30.8 Å². The quantitative estimate of drug-likeness (QED) is 0.594. The largest absolute Gasteiger partial charge is 0.451 e. The van der Waals surface area contributed by atoms with E-state index >= 15 is 0 Å². The second kappa shape index (κ2) is 11.9. The molecule has 1 N–H and O–H groups in total. The number of anilines is 2. The van der Waals surface area contributed by atoms with E-state index in [0.29, 0.717) is 11.4 Å². The van der Waals surface area contributed by atoms with E-state index in [4.69, 9.17) is 0 Å². The minimum atomic E-state index is -0.791. The number of methoxy groups -OCH3 is 1. The van der Waals surface area contributed by atoms with Crippen LogP contribution in [0.3, 0.4) is 0 Å². The van der Waals surface area contributed by atoms with Crippen LogP contribution in [0, 0.1) is 0 Å². The maximum atomic E-state index is 12.8. The summed E-state index contributed by atoms with van der Waals surface area (Å²) in [4.78, 5) is 46.4. The van der Waals surface area contributed by atoms with Crippen molar-refractivity contribution in [1.82, 2.24) is 4.90 Å². The maximum Gasteiger partial charge on any atom is 0.435 e. The fourth-order valence-electron chi connectivity index (χ4n) is 3.14. The summed E-state index contributed by atoms with van der Waals surface area (Å²) >= 11 is 2.69. The number of carbonyl (C=O) groups excluding carboxylic acids is 3. The summed E-state index contributed by atoms with van der Waals surface area (Å²) in [6.07, 6.45) is -0.791. The number of nitrogens with zero attached hydrogens (tertiary/aromatic N) is 3. The average Bonchev–Trinajstić information content (AvgIpc) is 3.17. The third kappa shape index (κ3) is 6.59. The summed E-state index contributed by atoms with van der Waals surface area (Å²) in [6, 6.07) is 15.3. The van der Waals surface area contributed by atoms with Crippen molar-refractivity contribution in [3.63, 3.8) is 0 Å². The molecule has 0 unspecified atom stereocenters. The van der Waals surface area contributed by atoms with E-state index in [9.17, 15) is 14.4 Å². The van der Waals surface area contributed by atoms with Crippen LogP contribution in [0.1, 0.15) is 13.8 Å². The molecule has 10 heteroatoms. The maximum absolute atomic E-state index is 12.8. The smallest absolute Gasteiger partial charge is 0.435 e. The number of hydrogen-bond donors (Lipinski definition) is 1. The zero-order valence-electron chi connectivity index (χ0n) is 18.7. The van der Waals surface area contributed by atoms with Gasteiger partial charge in [0, 0.05) is 9.79 Å². The topological polar surface area (TPSA) is 91.3 Å². The Bertz CT molecular complexity index is 1040. The van der Waals surface area contributed by atoms with Gasteiger partial charge in [-0.05, 0) is 43.4 Å². The zero-order chi connectivity index (χ0) is 23.8. The number of thioether (sulfide) groups is 1. The number of likely N-dealkylation sites (N-methyl/N-ethyl adjacent to an activating group) is 1. The van der Waals surface area contributed by atoms with Crippen LogP contribution in [0.2, 0.25) is 0 Å². The van der Waals surface area contributed by atoms with E-state index in [1.54, 1.807) is 17.8 Å². The number of carbonyl (C=O) groups is 3. The number of ether oxygens (including phenoxy) is 1. The highest BCUT2D eigenvalue weighted by Gasteiger charge is 2.32. The number of benzene rings is 2. The Kier molecular flexibility index (Phi) is 8.93. The van der Waals surface area contributed by atoms with E-state index in [2.05, 4.69) is 15.0 Å². The Labute approximate surface area is 201 Å². The summed E-state index contributed by atoms with van der Waals surface area (Å²) in [5.74, 6) is -0.277. The first-order valence-corrected chi connectivity index (χ1v) is 12.3. The van der Waals surface area contributed by atoms with Gasteiger partial charge in [-0.25, -0.2) is 4.79 Å². The lowest BCUT2D eigenvalue weighted by molar-refractivity contribution is -0.117. The van der Waals surface area contributed by atoms with Crippen LogP contribution in [0.5, 0.6) is 0 Å². The molecule has 0 aromatic heterocycles. The normalized spacial score (nSPS) is 14.7. The van der Waals surface area contributed by atoms with Crippen molar-refractivity contribution in [3.8, 4) is 0 Å². The van der Waals surface area contributed by atoms with Crippen LogP contribution in [0.15, 0.2) is 63.3 Å². The van der Waals surface area contributed by atoms with Crippen molar-refractivity contribution in [2.45, 2.75) is 23.6 Å². The molecular formula is C23H26N4O4S2. The van der Waals surface area contributed by atoms with Gasteiger partial charge in [-0.3, -0.25) is 19.4 Å². The van der Waals surface area contributed by atoms with Gasteiger partial charge in [-0.2, -0.15) is 4.99 Å². The molecule has 1 aliphatic heterocycles. The highest BCUT2D eigenvalue weighted by molar-refractivity contribution is 8.15. The fraction of sp³-hybridized carbons (Fsp3) is 0.304. The first-order chi connectivity index (χ1) is 15.9. The summed E-state index contributed by atoms with van der Waals surface area (Å²) in [5, 5.41) is 3.17. The van der Waals surface area contributed by atoms with Gasteiger partial charge in [-0.15, -0.1) is 0 Å². The molecule has 174 valence electrons. The van der Waals surface area contributed by atoms with Crippen molar-refractivity contribution < 1.29 is 19.1 Å². The first-order valence-electron chi connectivity index (χ1n) is 10.5. The van der Waals surface area contributed by atoms with Gasteiger partial charge in [0.2, 0.25) is 11.8 Å². The molecule has 33 heavy (non-hydrogen) atoms. The molecule has 0 atom stereocenters. The summed E-state index contributed by atoms with van der Waals surface area (Å²) in [5.41, 5.74) is 0.930. The number of hydrogen-bond acceptors (Lipinski definition) is 7. The van der Waals surface area contributed by atoms with E-state index in [0.717, 1.165) is 34.6 Å². The van der Waals surface area contributed by atoms with Crippen LogP contribution >= 0.6 is 23.5 Å². The molecule has 0 radical (unpaired) electrons. The molecule has 3 rings (SSSR count). The zero-order valence-corrected chi connectivity index (χ0v) is 20.4. The molecule has 8 nitrogen and oxygen atoms in total. The summed E-state index contributed by atoms with van der Waals surface area (Å²) < 4.78 is 4.62. The third-order valence-corrected chi connectivity index (χ3v) is 6.77. The highest BCUT2D eigenvalue weighted by atomic mass is 32.2. The van der Waals surface area contributed by atoms with E-state index in [1.807, 2.05) is 61.2 Å². The van der Waals surface area contributed by atoms with Crippen molar-refractivity contribution in [2.75, 3.05) is 42.7 Å². The van der Waals surface area contributed by atoms with Crippen LogP contribution in [0.4, 0.5) is 16.2 Å². The SMILES string of the molecule is CCN(CC)CC(=O)Nc1cc(Sc2ccccc2)ccc1N1C(=O)CS/C1=N\C(=O)OC.